The predicted molar refractivity (Wildman–Crippen MR) is 136 cm³/mol. The SMILES string of the molecule is CC(C)[C@@H](O)/C=C/[C@@H](C)[C@H]1C[C@@H](O)[C@@H]2[C@]1(C)CC[C@@H]1[C@@]3(C)CC[C@H](O)[C@H](O)[C@@H]3[C@@H](OS(=O)(=O)[O-])[C@@H](O)[C@]12O.[Na+]. The minimum absolute atomic E-state index is 0. The molecule has 12 heteroatoms. The van der Waals surface area contributed by atoms with Crippen molar-refractivity contribution in [3.05, 3.63) is 12.2 Å². The molecule has 220 valence electrons. The van der Waals surface area contributed by atoms with Gasteiger partial charge in [0.25, 0.3) is 0 Å². The molecule has 0 aromatic carbocycles. The molecule has 6 N–H and O–H groups in total. The van der Waals surface area contributed by atoms with Gasteiger partial charge in [-0.25, -0.2) is 8.42 Å². The molecule has 0 radical (unpaired) electrons. The van der Waals surface area contributed by atoms with E-state index in [2.05, 4.69) is 0 Å². The Kier molecular flexibility index (Phi) is 9.95. The Labute approximate surface area is 254 Å². The van der Waals surface area contributed by atoms with Gasteiger partial charge in [-0.3, -0.25) is 4.18 Å². The van der Waals surface area contributed by atoms with Crippen LogP contribution in [0.4, 0.5) is 0 Å². The molecule has 10 nitrogen and oxygen atoms in total. The number of allylic oxidation sites excluding steroid dienone is 1. The maximum absolute atomic E-state index is 12.5. The van der Waals surface area contributed by atoms with E-state index in [0.29, 0.717) is 25.7 Å². The first-order valence-corrected chi connectivity index (χ1v) is 15.2. The van der Waals surface area contributed by atoms with Crippen molar-refractivity contribution in [1.29, 1.82) is 0 Å². The molecule has 0 aromatic rings. The summed E-state index contributed by atoms with van der Waals surface area (Å²) < 4.78 is 40.1. The maximum Gasteiger partial charge on any atom is 1.00 e. The van der Waals surface area contributed by atoms with E-state index in [1.807, 2.05) is 33.8 Å². The third kappa shape index (κ3) is 5.47. The number of hydrogen-bond donors (Lipinski definition) is 6. The van der Waals surface area contributed by atoms with Crippen LogP contribution in [0, 0.1) is 46.3 Å². The van der Waals surface area contributed by atoms with E-state index < -0.39 is 81.2 Å². The summed E-state index contributed by atoms with van der Waals surface area (Å²) in [7, 11) is -5.35. The Bertz CT molecular complexity index is 1020. The summed E-state index contributed by atoms with van der Waals surface area (Å²) in [5.41, 5.74) is -3.65. The van der Waals surface area contributed by atoms with E-state index >= 15 is 0 Å². The molecule has 0 heterocycles. The quantitative estimate of drug-likeness (QED) is 0.0858. The molecule has 0 unspecified atom stereocenters. The van der Waals surface area contributed by atoms with Crippen LogP contribution in [-0.4, -0.2) is 85.8 Å². The Balaban J connectivity index is 0.00000420. The van der Waals surface area contributed by atoms with Gasteiger partial charge < -0.3 is 35.2 Å². The average Bonchev–Trinajstić information content (AvgIpc) is 3.08. The zero-order valence-corrected chi connectivity index (χ0v) is 26.7. The van der Waals surface area contributed by atoms with Crippen molar-refractivity contribution in [2.45, 2.75) is 109 Å². The molecule has 14 atom stereocenters. The Morgan fingerprint density at radius 2 is 1.56 bits per heavy atom. The maximum atomic E-state index is 12.5. The van der Waals surface area contributed by atoms with E-state index in [0.717, 1.165) is 0 Å². The van der Waals surface area contributed by atoms with Crippen molar-refractivity contribution in [3.8, 4) is 0 Å². The van der Waals surface area contributed by atoms with Crippen LogP contribution in [0.15, 0.2) is 12.2 Å². The molecule has 0 saturated heterocycles. The molecule has 39 heavy (non-hydrogen) atoms. The van der Waals surface area contributed by atoms with Crippen molar-refractivity contribution in [1.82, 2.24) is 0 Å². The zero-order chi connectivity index (χ0) is 28.6. The molecule has 4 aliphatic rings. The second-order valence-corrected chi connectivity index (χ2v) is 14.4. The van der Waals surface area contributed by atoms with E-state index in [-0.39, 0.29) is 53.7 Å². The molecule has 4 rings (SSSR count). The Hall–Kier alpha value is 0.370. The van der Waals surface area contributed by atoms with E-state index in [9.17, 15) is 43.6 Å². The summed E-state index contributed by atoms with van der Waals surface area (Å²) in [5, 5.41) is 67.2. The van der Waals surface area contributed by atoms with Gasteiger partial charge in [-0.2, -0.15) is 0 Å². The van der Waals surface area contributed by atoms with Crippen molar-refractivity contribution < 1.29 is 77.4 Å². The topological polar surface area (TPSA) is 188 Å². The molecule has 0 bridgehead atoms. The minimum Gasteiger partial charge on any atom is -0.726 e. The zero-order valence-electron chi connectivity index (χ0n) is 23.8. The summed E-state index contributed by atoms with van der Waals surface area (Å²) in [5.74, 6) is -2.77. The van der Waals surface area contributed by atoms with Crippen LogP contribution in [0.2, 0.25) is 0 Å². The van der Waals surface area contributed by atoms with Crippen LogP contribution in [0.5, 0.6) is 0 Å². The van der Waals surface area contributed by atoms with Crippen molar-refractivity contribution in [2.75, 3.05) is 0 Å². The van der Waals surface area contributed by atoms with Crippen molar-refractivity contribution in [2.24, 2.45) is 46.3 Å². The first-order chi connectivity index (χ1) is 17.4. The average molecular weight is 585 g/mol. The van der Waals surface area contributed by atoms with Gasteiger partial charge in [-0.15, -0.1) is 0 Å². The third-order valence-electron chi connectivity index (χ3n) is 11.1. The summed E-state index contributed by atoms with van der Waals surface area (Å²) in [6, 6.07) is 0. The van der Waals surface area contributed by atoms with E-state index in [4.69, 9.17) is 4.18 Å². The van der Waals surface area contributed by atoms with Gasteiger partial charge in [0.05, 0.1) is 24.4 Å². The number of rotatable bonds is 6. The largest absolute Gasteiger partial charge is 1.00 e. The van der Waals surface area contributed by atoms with Crippen LogP contribution in [0.3, 0.4) is 0 Å². The molecule has 0 spiro atoms. The molecular formula is C27H45NaO10S. The fourth-order valence-corrected chi connectivity index (χ4v) is 9.73. The summed E-state index contributed by atoms with van der Waals surface area (Å²) in [6.45, 7) is 9.56. The van der Waals surface area contributed by atoms with Gasteiger partial charge >= 0.3 is 29.6 Å². The first-order valence-electron chi connectivity index (χ1n) is 13.8. The smallest absolute Gasteiger partial charge is 0.726 e. The van der Waals surface area contributed by atoms with Gasteiger partial charge in [0.2, 0.25) is 10.4 Å². The van der Waals surface area contributed by atoms with E-state index in [1.54, 1.807) is 13.0 Å². The predicted octanol–water partition coefficient (Wildman–Crippen LogP) is -2.30. The second-order valence-electron chi connectivity index (χ2n) is 13.4. The molecule has 4 saturated carbocycles. The van der Waals surface area contributed by atoms with Crippen LogP contribution in [0.25, 0.3) is 0 Å². The minimum atomic E-state index is -5.35. The van der Waals surface area contributed by atoms with Crippen LogP contribution < -0.4 is 29.6 Å². The van der Waals surface area contributed by atoms with Gasteiger partial charge in [0.1, 0.15) is 17.8 Å². The Morgan fingerprint density at radius 1 is 0.974 bits per heavy atom. The molecule has 0 aromatic heterocycles. The standard InChI is InChI=1S/C27H46O10S.Na/c1-13(2)16(28)7-6-14(3)15-12-18(30)23-25(15,4)11-9-19-26(5)10-8-17(29)21(31)20(26)22(37-38(34,35)36)24(32)27(19,23)33;/h6-7,13-24,28-33H,8-12H2,1-5H3,(H,34,35,36);/q;+1/p-1/b7-6+;/t14-,15-,16+,17+,18-,19-,20-,21+,22-,23-,24-,25-,26-,27+;/m1./s1. The fourth-order valence-electron chi connectivity index (χ4n) is 9.23. The summed E-state index contributed by atoms with van der Waals surface area (Å²) in [6.07, 6.45) is -2.45. The van der Waals surface area contributed by atoms with Crippen molar-refractivity contribution >= 4 is 10.4 Å². The molecule has 4 fully saturated rings. The van der Waals surface area contributed by atoms with Gasteiger partial charge in [0, 0.05) is 11.8 Å². The summed E-state index contributed by atoms with van der Waals surface area (Å²) in [4.78, 5) is 0. The Morgan fingerprint density at radius 3 is 2.13 bits per heavy atom. The van der Waals surface area contributed by atoms with Crippen LogP contribution in [-0.2, 0) is 14.6 Å². The van der Waals surface area contributed by atoms with Crippen LogP contribution in [0.1, 0.15) is 66.7 Å². The van der Waals surface area contributed by atoms with Gasteiger partial charge in [-0.1, -0.05) is 46.8 Å². The second kappa shape index (κ2) is 11.5. The van der Waals surface area contributed by atoms with E-state index in [1.165, 1.54) is 0 Å². The number of fused-ring (bicyclic) bond motifs is 5. The monoisotopic (exact) mass is 584 g/mol. The normalized spacial score (nSPS) is 49.6. The van der Waals surface area contributed by atoms with Gasteiger partial charge in [0.15, 0.2) is 0 Å². The first kappa shape index (κ1) is 33.9. The molecular weight excluding hydrogens is 539 g/mol. The van der Waals surface area contributed by atoms with Gasteiger partial charge in [-0.05, 0) is 66.6 Å². The van der Waals surface area contributed by atoms with Crippen LogP contribution >= 0.6 is 0 Å². The third-order valence-corrected chi connectivity index (χ3v) is 11.5. The number of hydrogen-bond acceptors (Lipinski definition) is 10. The van der Waals surface area contributed by atoms with Crippen molar-refractivity contribution in [3.63, 3.8) is 0 Å². The fraction of sp³-hybridized carbons (Fsp3) is 0.926. The number of aliphatic hydroxyl groups excluding tert-OH is 5. The summed E-state index contributed by atoms with van der Waals surface area (Å²) >= 11 is 0. The molecule has 4 aliphatic carbocycles. The molecule has 0 amide bonds. The number of aliphatic hydroxyl groups is 6. The molecule has 0 aliphatic heterocycles.